The Hall–Kier alpha value is -1.51. The number of hydrogen-bond donors (Lipinski definition) is 1. The van der Waals surface area contributed by atoms with Gasteiger partial charge < -0.3 is 10.1 Å². The van der Waals surface area contributed by atoms with Crippen molar-refractivity contribution >= 4 is 5.91 Å². The van der Waals surface area contributed by atoms with Gasteiger partial charge in [0, 0.05) is 12.5 Å². The molecule has 3 heteroatoms. The van der Waals surface area contributed by atoms with Gasteiger partial charge in [-0.15, -0.1) is 0 Å². The van der Waals surface area contributed by atoms with Crippen molar-refractivity contribution in [2.24, 2.45) is 5.92 Å². The quantitative estimate of drug-likeness (QED) is 0.771. The van der Waals surface area contributed by atoms with Crippen LogP contribution in [0.15, 0.2) is 24.3 Å². The van der Waals surface area contributed by atoms with Gasteiger partial charge in [-0.25, -0.2) is 0 Å². The van der Waals surface area contributed by atoms with Crippen LogP contribution in [0.4, 0.5) is 0 Å². The summed E-state index contributed by atoms with van der Waals surface area (Å²) in [5.41, 5.74) is 1.10. The molecule has 0 atom stereocenters. The second-order valence-corrected chi connectivity index (χ2v) is 5.55. The monoisotopic (exact) mass is 275 g/mol. The molecule has 0 unspecified atom stereocenters. The smallest absolute Gasteiger partial charge is 0.223 e. The van der Waals surface area contributed by atoms with Gasteiger partial charge in [0.15, 0.2) is 0 Å². The van der Waals surface area contributed by atoms with Gasteiger partial charge in [0.1, 0.15) is 5.75 Å². The maximum absolute atomic E-state index is 12.0. The summed E-state index contributed by atoms with van der Waals surface area (Å²) in [4.78, 5) is 12.0. The Morgan fingerprint density at radius 1 is 1.35 bits per heavy atom. The highest BCUT2D eigenvalue weighted by atomic mass is 16.5. The first-order valence-corrected chi connectivity index (χ1v) is 7.79. The van der Waals surface area contributed by atoms with Crippen molar-refractivity contribution in [2.75, 3.05) is 6.61 Å². The van der Waals surface area contributed by atoms with Crippen LogP contribution in [0.25, 0.3) is 0 Å². The second kappa shape index (κ2) is 7.93. The molecule has 1 saturated carbocycles. The summed E-state index contributed by atoms with van der Waals surface area (Å²) in [7, 11) is 0. The lowest BCUT2D eigenvalue weighted by Crippen LogP contribution is -2.28. The summed E-state index contributed by atoms with van der Waals surface area (Å²) >= 11 is 0. The summed E-state index contributed by atoms with van der Waals surface area (Å²) < 4.78 is 5.68. The number of benzene rings is 1. The zero-order valence-corrected chi connectivity index (χ0v) is 12.4. The van der Waals surface area contributed by atoms with E-state index in [4.69, 9.17) is 4.74 Å². The minimum absolute atomic E-state index is 0.208. The summed E-state index contributed by atoms with van der Waals surface area (Å²) in [5, 5.41) is 3.04. The van der Waals surface area contributed by atoms with Crippen LogP contribution in [0, 0.1) is 5.92 Å². The van der Waals surface area contributed by atoms with Crippen LogP contribution in [0.1, 0.15) is 51.0 Å². The lowest BCUT2D eigenvalue weighted by Gasteiger charge is -2.11. The molecule has 0 radical (unpaired) electrons. The maximum Gasteiger partial charge on any atom is 0.223 e. The van der Waals surface area contributed by atoms with Crippen LogP contribution in [0.2, 0.25) is 0 Å². The number of amides is 1. The predicted octanol–water partition coefficient (Wildman–Crippen LogP) is 3.67. The molecule has 1 aliphatic rings. The second-order valence-electron chi connectivity index (χ2n) is 5.55. The molecule has 0 aromatic heterocycles. The lowest BCUT2D eigenvalue weighted by atomic mass is 10.1. The molecule has 0 spiro atoms. The SMILES string of the molecule is CCCCOc1cccc(CNC(=O)C2CCCC2)c1. The molecule has 0 saturated heterocycles. The molecule has 0 heterocycles. The molecule has 1 aromatic rings. The molecule has 1 fully saturated rings. The Kier molecular flexibility index (Phi) is 5.90. The van der Waals surface area contributed by atoms with Gasteiger partial charge in [0.25, 0.3) is 0 Å². The van der Waals surface area contributed by atoms with Crippen molar-refractivity contribution in [1.82, 2.24) is 5.32 Å². The van der Waals surface area contributed by atoms with Crippen LogP contribution in [0.3, 0.4) is 0 Å². The van der Waals surface area contributed by atoms with Gasteiger partial charge in [-0.05, 0) is 37.0 Å². The molecular weight excluding hydrogens is 250 g/mol. The van der Waals surface area contributed by atoms with Crippen LogP contribution >= 0.6 is 0 Å². The molecule has 3 nitrogen and oxygen atoms in total. The molecular formula is C17H25NO2. The van der Waals surface area contributed by atoms with E-state index < -0.39 is 0 Å². The Morgan fingerprint density at radius 3 is 2.90 bits per heavy atom. The Labute approximate surface area is 121 Å². The summed E-state index contributed by atoms with van der Waals surface area (Å²) in [6.07, 6.45) is 6.69. The van der Waals surface area contributed by atoms with E-state index in [1.165, 1.54) is 12.8 Å². The fraction of sp³-hybridized carbons (Fsp3) is 0.588. The highest BCUT2D eigenvalue weighted by Crippen LogP contribution is 2.24. The Morgan fingerprint density at radius 2 is 2.15 bits per heavy atom. The van der Waals surface area contributed by atoms with E-state index in [-0.39, 0.29) is 11.8 Å². The van der Waals surface area contributed by atoms with Crippen molar-refractivity contribution in [2.45, 2.75) is 52.0 Å². The van der Waals surface area contributed by atoms with Gasteiger partial charge in [-0.3, -0.25) is 4.79 Å². The van der Waals surface area contributed by atoms with E-state index in [0.29, 0.717) is 6.54 Å². The molecule has 1 amide bonds. The van der Waals surface area contributed by atoms with Crippen molar-refractivity contribution < 1.29 is 9.53 Å². The third-order valence-electron chi connectivity index (χ3n) is 3.86. The van der Waals surface area contributed by atoms with Crippen LogP contribution in [-0.2, 0) is 11.3 Å². The fourth-order valence-electron chi connectivity index (χ4n) is 2.60. The van der Waals surface area contributed by atoms with Crippen molar-refractivity contribution in [1.29, 1.82) is 0 Å². The average molecular weight is 275 g/mol. The minimum Gasteiger partial charge on any atom is -0.494 e. The number of rotatable bonds is 7. The number of carbonyl (C=O) groups excluding carboxylic acids is 1. The van der Waals surface area contributed by atoms with E-state index in [1.54, 1.807) is 0 Å². The number of nitrogens with one attached hydrogen (secondary N) is 1. The number of ether oxygens (including phenoxy) is 1. The van der Waals surface area contributed by atoms with Gasteiger partial charge in [-0.1, -0.05) is 38.3 Å². The van der Waals surface area contributed by atoms with Crippen molar-refractivity contribution in [3.8, 4) is 5.75 Å². The Balaban J connectivity index is 1.79. The van der Waals surface area contributed by atoms with E-state index in [2.05, 4.69) is 12.2 Å². The van der Waals surface area contributed by atoms with Gasteiger partial charge >= 0.3 is 0 Å². The van der Waals surface area contributed by atoms with E-state index >= 15 is 0 Å². The van der Waals surface area contributed by atoms with Crippen LogP contribution in [-0.4, -0.2) is 12.5 Å². The first kappa shape index (κ1) is 14.9. The van der Waals surface area contributed by atoms with Crippen LogP contribution < -0.4 is 10.1 Å². The molecule has 1 aromatic carbocycles. The first-order valence-electron chi connectivity index (χ1n) is 7.79. The van der Waals surface area contributed by atoms with Gasteiger partial charge in [-0.2, -0.15) is 0 Å². The molecule has 110 valence electrons. The normalized spacial score (nSPS) is 15.2. The summed E-state index contributed by atoms with van der Waals surface area (Å²) in [5.74, 6) is 1.34. The van der Waals surface area contributed by atoms with Gasteiger partial charge in [0.05, 0.1) is 6.61 Å². The van der Waals surface area contributed by atoms with E-state index in [1.807, 2.05) is 24.3 Å². The summed E-state index contributed by atoms with van der Waals surface area (Å²) in [6.45, 7) is 3.51. The summed E-state index contributed by atoms with van der Waals surface area (Å²) in [6, 6.07) is 8.00. The lowest BCUT2D eigenvalue weighted by molar-refractivity contribution is -0.124. The molecule has 20 heavy (non-hydrogen) atoms. The molecule has 0 bridgehead atoms. The minimum atomic E-state index is 0.208. The average Bonchev–Trinajstić information content (AvgIpc) is 3.00. The number of unbranched alkanes of at least 4 members (excludes halogenated alkanes) is 1. The standard InChI is InChI=1S/C17H25NO2/c1-2-3-11-20-16-10-6-7-14(12-16)13-18-17(19)15-8-4-5-9-15/h6-7,10,12,15H,2-5,8-9,11,13H2,1H3,(H,18,19). The first-order chi connectivity index (χ1) is 9.79. The topological polar surface area (TPSA) is 38.3 Å². The largest absolute Gasteiger partial charge is 0.494 e. The van der Waals surface area contributed by atoms with Crippen LogP contribution in [0.5, 0.6) is 5.75 Å². The highest BCUT2D eigenvalue weighted by Gasteiger charge is 2.22. The van der Waals surface area contributed by atoms with E-state index in [0.717, 1.165) is 43.6 Å². The van der Waals surface area contributed by atoms with Gasteiger partial charge in [0.2, 0.25) is 5.91 Å². The zero-order valence-electron chi connectivity index (χ0n) is 12.4. The molecule has 1 N–H and O–H groups in total. The van der Waals surface area contributed by atoms with Crippen molar-refractivity contribution in [3.63, 3.8) is 0 Å². The number of hydrogen-bond acceptors (Lipinski definition) is 2. The fourth-order valence-corrected chi connectivity index (χ4v) is 2.60. The third-order valence-corrected chi connectivity index (χ3v) is 3.86. The highest BCUT2D eigenvalue weighted by molar-refractivity contribution is 5.78. The maximum atomic E-state index is 12.0. The third kappa shape index (κ3) is 4.55. The molecule has 2 rings (SSSR count). The number of carbonyl (C=O) groups is 1. The Bertz CT molecular complexity index is 425. The van der Waals surface area contributed by atoms with Crippen molar-refractivity contribution in [3.05, 3.63) is 29.8 Å². The molecule has 1 aliphatic carbocycles. The predicted molar refractivity (Wildman–Crippen MR) is 80.6 cm³/mol. The molecule has 0 aliphatic heterocycles. The van der Waals surface area contributed by atoms with E-state index in [9.17, 15) is 4.79 Å². The zero-order chi connectivity index (χ0) is 14.2.